The quantitative estimate of drug-likeness (QED) is 0.746. The summed E-state index contributed by atoms with van der Waals surface area (Å²) in [6.45, 7) is 5.66. The van der Waals surface area contributed by atoms with Gasteiger partial charge >= 0.3 is 5.97 Å². The van der Waals surface area contributed by atoms with E-state index in [0.29, 0.717) is 22.4 Å². The molecule has 0 atom stereocenters. The third-order valence-corrected chi connectivity index (χ3v) is 5.77. The fourth-order valence-corrected chi connectivity index (χ4v) is 4.38. The van der Waals surface area contributed by atoms with E-state index in [1.807, 2.05) is 5.38 Å². The summed E-state index contributed by atoms with van der Waals surface area (Å²) in [5.41, 5.74) is 1.42. The monoisotopic (exact) mass is 402 g/mol. The number of amides is 1. The Hall–Kier alpha value is -2.48. The number of piperidine rings is 1. The fraction of sp³-hybridized carbons (Fsp3) is 0.500. The molecule has 1 saturated heterocycles. The molecule has 28 heavy (non-hydrogen) atoms. The van der Waals surface area contributed by atoms with Gasteiger partial charge in [0.15, 0.2) is 0 Å². The molecule has 2 aromatic rings. The number of methoxy groups -OCH3 is 1. The first-order valence-electron chi connectivity index (χ1n) is 9.51. The molecule has 8 heteroatoms. The summed E-state index contributed by atoms with van der Waals surface area (Å²) < 4.78 is 4.94. The van der Waals surface area contributed by atoms with Gasteiger partial charge in [-0.2, -0.15) is 0 Å². The molecule has 0 saturated carbocycles. The number of rotatable bonds is 6. The Labute approximate surface area is 169 Å². The molecular weight excluding hydrogens is 376 g/mol. The average molecular weight is 403 g/mol. The van der Waals surface area contributed by atoms with E-state index in [1.54, 1.807) is 18.5 Å². The van der Waals surface area contributed by atoms with E-state index in [4.69, 9.17) is 4.74 Å². The molecule has 0 spiro atoms. The summed E-state index contributed by atoms with van der Waals surface area (Å²) in [7, 11) is 1.37. The number of hydrogen-bond donors (Lipinski definition) is 1. The number of nitrogens with zero attached hydrogens (tertiary/aromatic N) is 3. The molecule has 0 bridgehead atoms. The second kappa shape index (κ2) is 9.14. The molecule has 0 aliphatic carbocycles. The van der Waals surface area contributed by atoms with Crippen LogP contribution in [0.25, 0.3) is 0 Å². The molecule has 0 radical (unpaired) electrons. The lowest BCUT2D eigenvalue weighted by Gasteiger charge is -2.31. The van der Waals surface area contributed by atoms with Crippen molar-refractivity contribution in [3.8, 4) is 0 Å². The topological polar surface area (TPSA) is 84.4 Å². The lowest BCUT2D eigenvalue weighted by Crippen LogP contribution is -2.39. The highest BCUT2D eigenvalue weighted by molar-refractivity contribution is 7.15. The largest absolute Gasteiger partial charge is 0.465 e. The van der Waals surface area contributed by atoms with Crippen molar-refractivity contribution in [2.45, 2.75) is 33.1 Å². The van der Waals surface area contributed by atoms with E-state index in [2.05, 4.69) is 34.0 Å². The Morgan fingerprint density at radius 2 is 1.96 bits per heavy atom. The molecule has 2 aromatic heterocycles. The van der Waals surface area contributed by atoms with Gasteiger partial charge in [-0.25, -0.2) is 14.8 Å². The van der Waals surface area contributed by atoms with Gasteiger partial charge in [-0.1, -0.05) is 13.8 Å². The second-order valence-corrected chi connectivity index (χ2v) is 8.23. The van der Waals surface area contributed by atoms with E-state index in [9.17, 15) is 9.59 Å². The zero-order valence-corrected chi connectivity index (χ0v) is 17.3. The molecule has 3 rings (SSSR count). The average Bonchev–Trinajstić information content (AvgIpc) is 3.09. The van der Waals surface area contributed by atoms with Crippen molar-refractivity contribution >= 4 is 34.2 Å². The number of carbonyl (C=O) groups excluding carboxylic acids is 2. The van der Waals surface area contributed by atoms with Crippen molar-refractivity contribution in [3.05, 3.63) is 35.0 Å². The van der Waals surface area contributed by atoms with Crippen molar-refractivity contribution in [2.75, 3.05) is 30.4 Å². The van der Waals surface area contributed by atoms with Gasteiger partial charge < -0.3 is 15.0 Å². The third-order valence-electron chi connectivity index (χ3n) is 4.82. The Balaban J connectivity index is 1.65. The van der Waals surface area contributed by atoms with Gasteiger partial charge in [0, 0.05) is 31.4 Å². The summed E-state index contributed by atoms with van der Waals surface area (Å²) in [6, 6.07) is 1.79. The summed E-state index contributed by atoms with van der Waals surface area (Å²) in [6.07, 6.45) is 5.66. The predicted molar refractivity (Wildman–Crippen MR) is 110 cm³/mol. The Bertz CT molecular complexity index is 814. The molecule has 150 valence electrons. The summed E-state index contributed by atoms with van der Waals surface area (Å²) in [5, 5.41) is 5.50. The highest BCUT2D eigenvalue weighted by Gasteiger charge is 2.28. The minimum Gasteiger partial charge on any atom is -0.465 e. The minimum absolute atomic E-state index is 0.0447. The van der Waals surface area contributed by atoms with Crippen LogP contribution in [0.15, 0.2) is 23.8 Å². The first-order valence-corrected chi connectivity index (χ1v) is 10.4. The van der Waals surface area contributed by atoms with E-state index in [0.717, 1.165) is 37.9 Å². The Kier molecular flexibility index (Phi) is 6.61. The molecule has 0 unspecified atom stereocenters. The fourth-order valence-electron chi connectivity index (χ4n) is 3.41. The normalized spacial score (nSPS) is 14.9. The molecule has 0 aromatic carbocycles. The third kappa shape index (κ3) is 4.67. The number of nitrogens with one attached hydrogen (secondary N) is 1. The molecule has 1 aliphatic heterocycles. The standard InChI is InChI=1S/C20H26N4O3S/c1-13(2)11-15-12-28-18(16(15)19(26)27-3)23-17(25)14-5-9-24(10-6-14)20-21-7-4-8-22-20/h4,7-8,12-14H,5-6,9-11H2,1-3H3,(H,23,25). The van der Waals surface area contributed by atoms with Gasteiger partial charge in [0.1, 0.15) is 5.00 Å². The summed E-state index contributed by atoms with van der Waals surface area (Å²) >= 11 is 1.39. The summed E-state index contributed by atoms with van der Waals surface area (Å²) in [5.74, 6) is 0.568. The van der Waals surface area contributed by atoms with Gasteiger partial charge in [0.05, 0.1) is 12.7 Å². The maximum Gasteiger partial charge on any atom is 0.341 e. The van der Waals surface area contributed by atoms with Crippen LogP contribution in [0.5, 0.6) is 0 Å². The SMILES string of the molecule is COC(=O)c1c(CC(C)C)csc1NC(=O)C1CCN(c2ncccn2)CC1. The minimum atomic E-state index is -0.400. The number of hydrogen-bond acceptors (Lipinski definition) is 7. The van der Waals surface area contributed by atoms with Crippen LogP contribution in [0.3, 0.4) is 0 Å². The van der Waals surface area contributed by atoms with E-state index in [1.165, 1.54) is 18.4 Å². The maximum absolute atomic E-state index is 12.8. The number of aromatic nitrogens is 2. The van der Waals surface area contributed by atoms with Crippen LogP contribution in [-0.4, -0.2) is 42.0 Å². The number of thiophene rings is 1. The van der Waals surface area contributed by atoms with Crippen LogP contribution in [0.4, 0.5) is 10.9 Å². The smallest absolute Gasteiger partial charge is 0.341 e. The highest BCUT2D eigenvalue weighted by Crippen LogP contribution is 2.32. The van der Waals surface area contributed by atoms with E-state index >= 15 is 0 Å². The van der Waals surface area contributed by atoms with Gasteiger partial charge in [0.25, 0.3) is 0 Å². The van der Waals surface area contributed by atoms with Gasteiger partial charge in [0.2, 0.25) is 11.9 Å². The second-order valence-electron chi connectivity index (χ2n) is 7.35. The van der Waals surface area contributed by atoms with E-state index < -0.39 is 5.97 Å². The van der Waals surface area contributed by atoms with Crippen molar-refractivity contribution in [1.29, 1.82) is 0 Å². The zero-order chi connectivity index (χ0) is 20.1. The summed E-state index contributed by atoms with van der Waals surface area (Å²) in [4.78, 5) is 35.7. The van der Waals surface area contributed by atoms with Crippen LogP contribution in [-0.2, 0) is 16.0 Å². The van der Waals surface area contributed by atoms with Crippen LogP contribution >= 0.6 is 11.3 Å². The van der Waals surface area contributed by atoms with Crippen LogP contribution in [0, 0.1) is 11.8 Å². The molecule has 7 nitrogen and oxygen atoms in total. The number of anilines is 2. The van der Waals surface area contributed by atoms with Crippen molar-refractivity contribution in [1.82, 2.24) is 9.97 Å². The lowest BCUT2D eigenvalue weighted by molar-refractivity contribution is -0.120. The molecule has 3 heterocycles. The number of esters is 1. The van der Waals surface area contributed by atoms with Crippen molar-refractivity contribution < 1.29 is 14.3 Å². The first kappa shape index (κ1) is 20.3. The molecule has 1 fully saturated rings. The zero-order valence-electron chi connectivity index (χ0n) is 16.5. The first-order chi connectivity index (χ1) is 13.5. The molecule has 1 N–H and O–H groups in total. The number of carbonyl (C=O) groups is 2. The molecule has 1 aliphatic rings. The highest BCUT2D eigenvalue weighted by atomic mass is 32.1. The van der Waals surface area contributed by atoms with Crippen LogP contribution in [0.1, 0.15) is 42.6 Å². The van der Waals surface area contributed by atoms with Gasteiger partial charge in [-0.3, -0.25) is 4.79 Å². The van der Waals surface area contributed by atoms with Crippen LogP contribution in [0.2, 0.25) is 0 Å². The van der Waals surface area contributed by atoms with Gasteiger partial charge in [-0.15, -0.1) is 11.3 Å². The van der Waals surface area contributed by atoms with Crippen molar-refractivity contribution in [2.24, 2.45) is 11.8 Å². The predicted octanol–water partition coefficient (Wildman–Crippen LogP) is 3.38. The van der Waals surface area contributed by atoms with Gasteiger partial charge in [-0.05, 0) is 42.2 Å². The molecule has 1 amide bonds. The Morgan fingerprint density at radius 1 is 1.29 bits per heavy atom. The van der Waals surface area contributed by atoms with E-state index in [-0.39, 0.29) is 11.8 Å². The lowest BCUT2D eigenvalue weighted by atomic mass is 9.96. The molecular formula is C20H26N4O3S. The Morgan fingerprint density at radius 3 is 2.57 bits per heavy atom. The maximum atomic E-state index is 12.8. The number of ether oxygens (including phenoxy) is 1. The van der Waals surface area contributed by atoms with Crippen LogP contribution < -0.4 is 10.2 Å². The van der Waals surface area contributed by atoms with Crippen molar-refractivity contribution in [3.63, 3.8) is 0 Å².